The van der Waals surface area contributed by atoms with Gasteiger partial charge in [0.25, 0.3) is 0 Å². The molecule has 0 fully saturated rings. The number of rotatable bonds is 6. The topological polar surface area (TPSA) is 38.3 Å². The normalized spacial score (nSPS) is 12.4. The second-order valence-electron chi connectivity index (χ2n) is 3.42. The van der Waals surface area contributed by atoms with E-state index in [1.54, 1.807) is 13.4 Å². The number of nitrogens with one attached hydrogen (secondary N) is 1. The summed E-state index contributed by atoms with van der Waals surface area (Å²) < 4.78 is 16.9. The molecule has 1 unspecified atom stereocenters. The molecule has 16 heavy (non-hydrogen) atoms. The van der Waals surface area contributed by atoms with Crippen molar-refractivity contribution in [3.8, 4) is 5.75 Å². The fraction of sp³-hybridized carbons (Fsp3) is 0.455. The maximum absolute atomic E-state index is 10.8. The summed E-state index contributed by atoms with van der Waals surface area (Å²) in [5.41, 5.74) is 1.18. The molecule has 0 amide bonds. The van der Waals surface area contributed by atoms with Gasteiger partial charge in [0.15, 0.2) is 0 Å². The van der Waals surface area contributed by atoms with Gasteiger partial charge in [0.1, 0.15) is 5.75 Å². The van der Waals surface area contributed by atoms with Crippen molar-refractivity contribution >= 4 is 26.7 Å². The highest BCUT2D eigenvalue weighted by atomic mass is 79.9. The zero-order valence-corrected chi connectivity index (χ0v) is 11.9. The van der Waals surface area contributed by atoms with Gasteiger partial charge in [0, 0.05) is 35.9 Å². The van der Waals surface area contributed by atoms with E-state index in [-0.39, 0.29) is 0 Å². The van der Waals surface area contributed by atoms with Crippen LogP contribution in [0.2, 0.25) is 0 Å². The molecule has 3 nitrogen and oxygen atoms in total. The first-order valence-electron chi connectivity index (χ1n) is 4.96. The highest BCUT2D eigenvalue weighted by Gasteiger charge is 2.01. The molecule has 5 heteroatoms. The van der Waals surface area contributed by atoms with E-state index >= 15 is 0 Å². The molecule has 1 atom stereocenters. The van der Waals surface area contributed by atoms with Crippen LogP contribution in [0.5, 0.6) is 5.75 Å². The summed E-state index contributed by atoms with van der Waals surface area (Å²) >= 11 is 3.44. The van der Waals surface area contributed by atoms with Gasteiger partial charge in [-0.1, -0.05) is 6.07 Å². The molecule has 90 valence electrons. The van der Waals surface area contributed by atoms with Crippen molar-refractivity contribution < 1.29 is 8.95 Å². The third-order valence-corrected chi connectivity index (χ3v) is 3.51. The molecule has 0 saturated carbocycles. The minimum absolute atomic E-state index is 0.692. The smallest absolute Gasteiger partial charge is 0.133 e. The average Bonchev–Trinajstić information content (AvgIpc) is 2.24. The van der Waals surface area contributed by atoms with Crippen LogP contribution >= 0.6 is 15.9 Å². The number of hydrogen-bond donors (Lipinski definition) is 1. The van der Waals surface area contributed by atoms with Crippen LogP contribution < -0.4 is 10.1 Å². The van der Waals surface area contributed by atoms with Crippen LogP contribution in [0.3, 0.4) is 0 Å². The first kappa shape index (κ1) is 13.7. The molecule has 0 spiro atoms. The molecule has 1 N–H and O–H groups in total. The molecule has 1 aromatic carbocycles. The molecule has 0 aliphatic heterocycles. The van der Waals surface area contributed by atoms with Crippen LogP contribution in [0, 0.1) is 0 Å². The van der Waals surface area contributed by atoms with Crippen molar-refractivity contribution in [2.24, 2.45) is 0 Å². The molecule has 0 aliphatic carbocycles. The number of methoxy groups -OCH3 is 1. The molecule has 0 heterocycles. The summed E-state index contributed by atoms with van der Waals surface area (Å²) in [5.74, 6) is 1.52. The minimum Gasteiger partial charge on any atom is -0.496 e. The van der Waals surface area contributed by atoms with E-state index in [9.17, 15) is 4.21 Å². The largest absolute Gasteiger partial charge is 0.496 e. The van der Waals surface area contributed by atoms with Crippen LogP contribution in [0.1, 0.15) is 5.56 Å². The quantitative estimate of drug-likeness (QED) is 0.816. The SMILES string of the molecule is COc1ccc(CNCCS(C)=O)cc1Br. The molecule has 0 bridgehead atoms. The Morgan fingerprint density at radius 3 is 2.81 bits per heavy atom. The molecule has 0 radical (unpaired) electrons. The van der Waals surface area contributed by atoms with Crippen molar-refractivity contribution in [1.82, 2.24) is 5.32 Å². The zero-order chi connectivity index (χ0) is 12.0. The lowest BCUT2D eigenvalue weighted by atomic mass is 10.2. The lowest BCUT2D eigenvalue weighted by molar-refractivity contribution is 0.412. The monoisotopic (exact) mass is 305 g/mol. The summed E-state index contributed by atoms with van der Waals surface area (Å²) in [4.78, 5) is 0. The van der Waals surface area contributed by atoms with E-state index in [1.807, 2.05) is 18.2 Å². The first-order chi connectivity index (χ1) is 7.63. The van der Waals surface area contributed by atoms with Gasteiger partial charge in [-0.15, -0.1) is 0 Å². The summed E-state index contributed by atoms with van der Waals surface area (Å²) in [5, 5.41) is 3.24. The maximum atomic E-state index is 10.8. The number of hydrogen-bond acceptors (Lipinski definition) is 3. The van der Waals surface area contributed by atoms with Crippen molar-refractivity contribution in [2.75, 3.05) is 25.7 Å². The number of benzene rings is 1. The van der Waals surface area contributed by atoms with E-state index in [0.29, 0.717) is 5.75 Å². The van der Waals surface area contributed by atoms with E-state index in [2.05, 4.69) is 21.2 Å². The van der Waals surface area contributed by atoms with Crippen molar-refractivity contribution in [3.63, 3.8) is 0 Å². The molecular formula is C11H16BrNO2S. The fourth-order valence-corrected chi connectivity index (χ4v) is 2.29. The van der Waals surface area contributed by atoms with Crippen LogP contribution in [0.25, 0.3) is 0 Å². The molecule has 0 aliphatic rings. The third-order valence-electron chi connectivity index (χ3n) is 2.11. The van der Waals surface area contributed by atoms with Crippen molar-refractivity contribution in [3.05, 3.63) is 28.2 Å². The lowest BCUT2D eigenvalue weighted by Crippen LogP contribution is -2.19. The second kappa shape index (κ2) is 7.04. The molecule has 1 aromatic rings. The predicted molar refractivity (Wildman–Crippen MR) is 71.3 cm³/mol. The Balaban J connectivity index is 2.43. The predicted octanol–water partition coefficient (Wildman–Crippen LogP) is 1.93. The Morgan fingerprint density at radius 2 is 2.25 bits per heavy atom. The van der Waals surface area contributed by atoms with Gasteiger partial charge in [-0.2, -0.15) is 0 Å². The van der Waals surface area contributed by atoms with E-state index in [1.165, 1.54) is 5.56 Å². The molecule has 0 aromatic heterocycles. The fourth-order valence-electron chi connectivity index (χ4n) is 1.27. The van der Waals surface area contributed by atoms with Crippen LogP contribution in [0.4, 0.5) is 0 Å². The Morgan fingerprint density at radius 1 is 1.50 bits per heavy atom. The van der Waals surface area contributed by atoms with Gasteiger partial charge in [-0.25, -0.2) is 0 Å². The average molecular weight is 306 g/mol. The summed E-state index contributed by atoms with van der Waals surface area (Å²) in [6.45, 7) is 1.55. The maximum Gasteiger partial charge on any atom is 0.133 e. The van der Waals surface area contributed by atoms with Crippen LogP contribution in [0.15, 0.2) is 22.7 Å². The highest BCUT2D eigenvalue weighted by molar-refractivity contribution is 9.10. The Labute approximate surface area is 107 Å². The zero-order valence-electron chi connectivity index (χ0n) is 9.46. The van der Waals surface area contributed by atoms with Crippen LogP contribution in [-0.2, 0) is 17.3 Å². The summed E-state index contributed by atoms with van der Waals surface area (Å²) in [6, 6.07) is 5.97. The minimum atomic E-state index is -0.725. The third kappa shape index (κ3) is 4.63. The van der Waals surface area contributed by atoms with Crippen molar-refractivity contribution in [1.29, 1.82) is 0 Å². The second-order valence-corrected chi connectivity index (χ2v) is 5.83. The lowest BCUT2D eigenvalue weighted by Gasteiger charge is -2.07. The van der Waals surface area contributed by atoms with Gasteiger partial charge >= 0.3 is 0 Å². The van der Waals surface area contributed by atoms with E-state index < -0.39 is 10.8 Å². The highest BCUT2D eigenvalue weighted by Crippen LogP contribution is 2.25. The number of halogens is 1. The van der Waals surface area contributed by atoms with Gasteiger partial charge in [0.2, 0.25) is 0 Å². The Hall–Kier alpha value is -0.390. The Bertz CT molecular complexity index is 371. The van der Waals surface area contributed by atoms with Gasteiger partial charge < -0.3 is 10.1 Å². The Kier molecular flexibility index (Phi) is 6.01. The number of ether oxygens (including phenoxy) is 1. The molecular weight excluding hydrogens is 290 g/mol. The van der Waals surface area contributed by atoms with Crippen LogP contribution in [-0.4, -0.2) is 29.9 Å². The summed E-state index contributed by atoms with van der Waals surface area (Å²) in [7, 11) is 0.923. The van der Waals surface area contributed by atoms with Gasteiger partial charge in [0.05, 0.1) is 11.6 Å². The summed E-state index contributed by atoms with van der Waals surface area (Å²) in [6.07, 6.45) is 1.71. The van der Waals surface area contributed by atoms with Gasteiger partial charge in [-0.05, 0) is 33.6 Å². The first-order valence-corrected chi connectivity index (χ1v) is 7.48. The molecule has 0 saturated heterocycles. The van der Waals surface area contributed by atoms with E-state index in [0.717, 1.165) is 23.3 Å². The standard InChI is InChI=1S/C11H16BrNO2S/c1-15-11-4-3-9(7-10(11)12)8-13-5-6-16(2)14/h3-4,7,13H,5-6,8H2,1-2H3. The van der Waals surface area contributed by atoms with Gasteiger partial charge in [-0.3, -0.25) is 4.21 Å². The van der Waals surface area contributed by atoms with E-state index in [4.69, 9.17) is 4.74 Å². The van der Waals surface area contributed by atoms with Crippen molar-refractivity contribution in [2.45, 2.75) is 6.54 Å². The molecule has 1 rings (SSSR count).